The molecule has 0 aliphatic carbocycles. The van der Waals surface area contributed by atoms with Gasteiger partial charge in [0.2, 0.25) is 0 Å². The fraction of sp³-hybridized carbons (Fsp3) is 0. The van der Waals surface area contributed by atoms with E-state index < -0.39 is 11.9 Å². The highest BCUT2D eigenvalue weighted by molar-refractivity contribution is 6.04. The van der Waals surface area contributed by atoms with Gasteiger partial charge in [0, 0.05) is 12.4 Å². The minimum atomic E-state index is -1.22. The monoisotopic (exact) mass is 181 g/mol. The summed E-state index contributed by atoms with van der Waals surface area (Å²) >= 11 is 0. The number of nitrogens with one attached hydrogen (secondary N) is 1. The Balaban J connectivity index is 3.19. The molecule has 1 aromatic rings. The van der Waals surface area contributed by atoms with Crippen molar-refractivity contribution in [1.29, 1.82) is 0 Å². The summed E-state index contributed by atoms with van der Waals surface area (Å²) in [6.07, 6.45) is 2.41. The average Bonchev–Trinajstić information content (AvgIpc) is 2.16. The predicted octanol–water partition coefficient (Wildman–Crippen LogP) is -0.617. The number of nitrogen functional groups attached to an aromatic ring is 1. The summed E-state index contributed by atoms with van der Waals surface area (Å²) in [4.78, 5) is 25.2. The molecule has 4 N–H and O–H groups in total. The van der Waals surface area contributed by atoms with Gasteiger partial charge in [0.05, 0.1) is 11.1 Å². The van der Waals surface area contributed by atoms with Crippen molar-refractivity contribution in [3.63, 3.8) is 0 Å². The van der Waals surface area contributed by atoms with E-state index in [1.807, 2.05) is 5.43 Å². The Hall–Kier alpha value is -1.95. The highest BCUT2D eigenvalue weighted by atomic mass is 16.4. The molecule has 13 heavy (non-hydrogen) atoms. The number of amides is 1. The van der Waals surface area contributed by atoms with Crippen molar-refractivity contribution in [2.75, 3.05) is 0 Å². The van der Waals surface area contributed by atoms with Gasteiger partial charge in [-0.15, -0.1) is 0 Å². The fourth-order valence-corrected chi connectivity index (χ4v) is 0.841. The molecular weight excluding hydrogens is 174 g/mol. The Morgan fingerprint density at radius 3 is 2.69 bits per heavy atom. The number of carboxylic acids is 1. The van der Waals surface area contributed by atoms with Crippen molar-refractivity contribution in [3.05, 3.63) is 29.6 Å². The van der Waals surface area contributed by atoms with Gasteiger partial charge in [0.25, 0.3) is 5.91 Å². The van der Waals surface area contributed by atoms with Gasteiger partial charge in [-0.3, -0.25) is 15.2 Å². The number of hydrogen-bond donors (Lipinski definition) is 3. The summed E-state index contributed by atoms with van der Waals surface area (Å²) in [6.45, 7) is 0. The van der Waals surface area contributed by atoms with Gasteiger partial charge >= 0.3 is 5.97 Å². The molecule has 0 fully saturated rings. The van der Waals surface area contributed by atoms with Crippen LogP contribution in [0.4, 0.5) is 0 Å². The summed E-state index contributed by atoms with van der Waals surface area (Å²) in [6, 6.07) is 1.28. The summed E-state index contributed by atoms with van der Waals surface area (Å²) in [7, 11) is 0. The summed E-state index contributed by atoms with van der Waals surface area (Å²) in [5, 5.41) is 8.65. The number of nitrogens with zero attached hydrogens (tertiary/aromatic N) is 1. The first kappa shape index (κ1) is 9.14. The SMILES string of the molecule is NNC(=O)c1ccncc1C(=O)O. The van der Waals surface area contributed by atoms with Crippen LogP contribution in [-0.4, -0.2) is 22.0 Å². The molecule has 0 aromatic carbocycles. The number of pyridine rings is 1. The van der Waals surface area contributed by atoms with Gasteiger partial charge in [0.15, 0.2) is 0 Å². The van der Waals surface area contributed by atoms with Crippen molar-refractivity contribution in [2.24, 2.45) is 5.84 Å². The summed E-state index contributed by atoms with van der Waals surface area (Å²) in [5.74, 6) is 2.99. The first-order chi connectivity index (χ1) is 6.16. The maximum absolute atomic E-state index is 11.0. The topological polar surface area (TPSA) is 105 Å². The molecule has 1 amide bonds. The molecule has 0 aliphatic rings. The van der Waals surface area contributed by atoms with Crippen molar-refractivity contribution in [1.82, 2.24) is 10.4 Å². The van der Waals surface area contributed by atoms with Crippen LogP contribution in [0.25, 0.3) is 0 Å². The average molecular weight is 181 g/mol. The number of aromatic carboxylic acids is 1. The van der Waals surface area contributed by atoms with Crippen molar-refractivity contribution < 1.29 is 14.7 Å². The zero-order valence-corrected chi connectivity index (χ0v) is 6.52. The highest BCUT2D eigenvalue weighted by Gasteiger charge is 2.14. The van der Waals surface area contributed by atoms with Crippen molar-refractivity contribution >= 4 is 11.9 Å². The van der Waals surface area contributed by atoms with Crippen LogP contribution in [0.1, 0.15) is 20.7 Å². The van der Waals surface area contributed by atoms with Gasteiger partial charge in [-0.2, -0.15) is 0 Å². The third-order valence-corrected chi connectivity index (χ3v) is 1.43. The molecule has 0 saturated heterocycles. The van der Waals surface area contributed by atoms with E-state index in [9.17, 15) is 9.59 Å². The van der Waals surface area contributed by atoms with E-state index in [0.29, 0.717) is 0 Å². The van der Waals surface area contributed by atoms with Gasteiger partial charge in [0.1, 0.15) is 0 Å². The number of nitrogens with two attached hydrogens (primary N) is 1. The standard InChI is InChI=1S/C7H7N3O3/c8-10-6(11)4-1-2-9-3-5(4)7(12)13/h1-3H,8H2,(H,10,11)(H,12,13). The van der Waals surface area contributed by atoms with Crippen molar-refractivity contribution in [3.8, 4) is 0 Å². The first-order valence-electron chi connectivity index (χ1n) is 3.35. The van der Waals surface area contributed by atoms with Crippen LogP contribution >= 0.6 is 0 Å². The summed E-state index contributed by atoms with van der Waals surface area (Å²) in [5.41, 5.74) is 1.66. The third-order valence-electron chi connectivity index (χ3n) is 1.43. The van der Waals surface area contributed by atoms with Gasteiger partial charge in [-0.05, 0) is 6.07 Å². The lowest BCUT2D eigenvalue weighted by atomic mass is 10.1. The van der Waals surface area contributed by atoms with E-state index in [1.165, 1.54) is 12.3 Å². The molecule has 1 aromatic heterocycles. The number of rotatable bonds is 2. The van der Waals surface area contributed by atoms with Gasteiger partial charge < -0.3 is 5.11 Å². The van der Waals surface area contributed by atoms with Gasteiger partial charge in [-0.1, -0.05) is 0 Å². The Kier molecular flexibility index (Phi) is 2.56. The van der Waals surface area contributed by atoms with E-state index in [0.717, 1.165) is 6.20 Å². The zero-order valence-electron chi connectivity index (χ0n) is 6.52. The van der Waals surface area contributed by atoms with Crippen LogP contribution in [0.5, 0.6) is 0 Å². The number of carbonyl (C=O) groups is 2. The maximum atomic E-state index is 11.0. The number of carbonyl (C=O) groups excluding carboxylic acids is 1. The second-order valence-electron chi connectivity index (χ2n) is 2.20. The highest BCUT2D eigenvalue weighted by Crippen LogP contribution is 2.05. The minimum Gasteiger partial charge on any atom is -0.478 e. The lowest BCUT2D eigenvalue weighted by Gasteiger charge is -2.02. The van der Waals surface area contributed by atoms with Crippen LogP contribution in [0.2, 0.25) is 0 Å². The third kappa shape index (κ3) is 1.79. The van der Waals surface area contributed by atoms with E-state index in [2.05, 4.69) is 4.98 Å². The van der Waals surface area contributed by atoms with E-state index >= 15 is 0 Å². The first-order valence-corrected chi connectivity index (χ1v) is 3.35. The molecule has 0 unspecified atom stereocenters. The lowest BCUT2D eigenvalue weighted by molar-refractivity contribution is 0.0690. The number of carboxylic acid groups (broad SMARTS) is 1. The molecule has 0 aliphatic heterocycles. The van der Waals surface area contributed by atoms with Crippen LogP contribution in [0.3, 0.4) is 0 Å². The molecule has 0 bridgehead atoms. The van der Waals surface area contributed by atoms with E-state index in [1.54, 1.807) is 0 Å². The molecule has 0 atom stereocenters. The normalized spacial score (nSPS) is 9.31. The Labute approximate surface area is 73.4 Å². The summed E-state index contributed by atoms with van der Waals surface area (Å²) < 4.78 is 0. The van der Waals surface area contributed by atoms with Gasteiger partial charge in [-0.25, -0.2) is 10.6 Å². The number of aromatic nitrogens is 1. The van der Waals surface area contributed by atoms with E-state index in [4.69, 9.17) is 10.9 Å². The lowest BCUT2D eigenvalue weighted by Crippen LogP contribution is -2.31. The molecule has 6 heteroatoms. The second kappa shape index (κ2) is 3.63. The predicted molar refractivity (Wildman–Crippen MR) is 42.8 cm³/mol. The maximum Gasteiger partial charge on any atom is 0.338 e. The molecule has 0 saturated carbocycles. The van der Waals surface area contributed by atoms with E-state index in [-0.39, 0.29) is 11.1 Å². The minimum absolute atomic E-state index is 0.00926. The molecule has 0 radical (unpaired) electrons. The smallest absolute Gasteiger partial charge is 0.338 e. The largest absolute Gasteiger partial charge is 0.478 e. The molecule has 0 spiro atoms. The Morgan fingerprint density at radius 2 is 2.15 bits per heavy atom. The zero-order chi connectivity index (χ0) is 9.84. The van der Waals surface area contributed by atoms with Crippen LogP contribution in [-0.2, 0) is 0 Å². The Morgan fingerprint density at radius 1 is 1.46 bits per heavy atom. The second-order valence-corrected chi connectivity index (χ2v) is 2.20. The molecule has 1 heterocycles. The van der Waals surface area contributed by atoms with Crippen LogP contribution in [0, 0.1) is 0 Å². The molecular formula is C7H7N3O3. The quantitative estimate of drug-likeness (QED) is 0.320. The Bertz CT molecular complexity index is 351. The molecule has 68 valence electrons. The molecule has 1 rings (SSSR count). The fourth-order valence-electron chi connectivity index (χ4n) is 0.841. The van der Waals surface area contributed by atoms with Crippen molar-refractivity contribution in [2.45, 2.75) is 0 Å². The van der Waals surface area contributed by atoms with Crippen LogP contribution in [0.15, 0.2) is 18.5 Å². The number of hydrogen-bond acceptors (Lipinski definition) is 4. The number of hydrazine groups is 1. The molecule has 6 nitrogen and oxygen atoms in total. The van der Waals surface area contributed by atoms with Crippen LogP contribution < -0.4 is 11.3 Å².